The van der Waals surface area contributed by atoms with Crippen LogP contribution in [0.25, 0.3) is 21.2 Å². The van der Waals surface area contributed by atoms with Gasteiger partial charge in [-0.25, -0.2) is 0 Å². The molecule has 2 aromatic rings. The predicted octanol–water partition coefficient (Wildman–Crippen LogP) is 3.96. The zero-order valence-corrected chi connectivity index (χ0v) is 10.0. The molecule has 0 aromatic heterocycles. The van der Waals surface area contributed by atoms with Crippen LogP contribution >= 0.6 is 0 Å². The molecule has 0 spiro atoms. The van der Waals surface area contributed by atoms with E-state index in [1.807, 2.05) is 42.5 Å². The fourth-order valence-corrected chi connectivity index (χ4v) is 1.98. The van der Waals surface area contributed by atoms with Gasteiger partial charge in [0.05, 0.1) is 6.10 Å². The van der Waals surface area contributed by atoms with Crippen molar-refractivity contribution in [1.29, 1.82) is 0 Å². The second-order valence-corrected chi connectivity index (χ2v) is 4.22. The highest BCUT2D eigenvalue weighted by Crippen LogP contribution is 2.23. The standard InChI is InChI=1S/C14H15N3O/c15-17-16-9-3-6-14(18)13-8-7-11-4-1-2-5-12(11)10-13/h1-2,4-5,7-8,10,14,18H,3,6,9H2. The Morgan fingerprint density at radius 3 is 2.72 bits per heavy atom. The van der Waals surface area contributed by atoms with Gasteiger partial charge < -0.3 is 5.11 Å². The number of hydrogen-bond donors (Lipinski definition) is 1. The van der Waals surface area contributed by atoms with E-state index < -0.39 is 6.10 Å². The van der Waals surface area contributed by atoms with Crippen LogP contribution in [-0.2, 0) is 0 Å². The first-order chi connectivity index (χ1) is 8.81. The SMILES string of the molecule is [N-]=[N+]=NCCCC(O)c1ccc2ccccc2c1. The Bertz CT molecular complexity index is 576. The molecule has 4 nitrogen and oxygen atoms in total. The van der Waals surface area contributed by atoms with Gasteiger partial charge in [-0.15, -0.1) is 0 Å². The predicted molar refractivity (Wildman–Crippen MR) is 72.2 cm³/mol. The highest BCUT2D eigenvalue weighted by Gasteiger charge is 2.07. The molecular weight excluding hydrogens is 226 g/mol. The first-order valence-electron chi connectivity index (χ1n) is 5.99. The van der Waals surface area contributed by atoms with Crippen LogP contribution in [0.5, 0.6) is 0 Å². The highest BCUT2D eigenvalue weighted by atomic mass is 16.3. The van der Waals surface area contributed by atoms with Crippen molar-refractivity contribution in [2.75, 3.05) is 6.54 Å². The number of aliphatic hydroxyl groups excluding tert-OH is 1. The van der Waals surface area contributed by atoms with E-state index in [-0.39, 0.29) is 0 Å². The van der Waals surface area contributed by atoms with Gasteiger partial charge in [0, 0.05) is 11.5 Å². The smallest absolute Gasteiger partial charge is 0.0790 e. The largest absolute Gasteiger partial charge is 0.388 e. The summed E-state index contributed by atoms with van der Waals surface area (Å²) in [5.41, 5.74) is 9.07. The van der Waals surface area contributed by atoms with Crippen LogP contribution in [0.4, 0.5) is 0 Å². The summed E-state index contributed by atoms with van der Waals surface area (Å²) in [6.07, 6.45) is 0.804. The van der Waals surface area contributed by atoms with Gasteiger partial charge in [-0.05, 0) is 40.8 Å². The van der Waals surface area contributed by atoms with Crippen molar-refractivity contribution < 1.29 is 5.11 Å². The van der Waals surface area contributed by atoms with Crippen molar-refractivity contribution >= 4 is 10.8 Å². The molecule has 0 aliphatic carbocycles. The van der Waals surface area contributed by atoms with E-state index in [1.165, 1.54) is 5.39 Å². The number of benzene rings is 2. The van der Waals surface area contributed by atoms with Crippen molar-refractivity contribution in [1.82, 2.24) is 0 Å². The summed E-state index contributed by atoms with van der Waals surface area (Å²) in [6, 6.07) is 14.0. The van der Waals surface area contributed by atoms with E-state index in [2.05, 4.69) is 10.0 Å². The molecule has 2 rings (SSSR count). The Hall–Kier alpha value is -2.03. The molecule has 1 atom stereocenters. The maximum atomic E-state index is 10.0. The number of azide groups is 1. The van der Waals surface area contributed by atoms with Crippen molar-refractivity contribution in [2.45, 2.75) is 18.9 Å². The second kappa shape index (κ2) is 6.05. The lowest BCUT2D eigenvalue weighted by Gasteiger charge is -2.11. The molecular formula is C14H15N3O. The molecule has 18 heavy (non-hydrogen) atoms. The molecule has 2 aromatic carbocycles. The van der Waals surface area contributed by atoms with Gasteiger partial charge in [-0.3, -0.25) is 0 Å². The fourth-order valence-electron chi connectivity index (χ4n) is 1.98. The van der Waals surface area contributed by atoms with Crippen LogP contribution in [0.1, 0.15) is 24.5 Å². The molecule has 1 N–H and O–H groups in total. The normalized spacial score (nSPS) is 12.1. The van der Waals surface area contributed by atoms with Crippen LogP contribution in [0.3, 0.4) is 0 Å². The maximum absolute atomic E-state index is 10.0. The van der Waals surface area contributed by atoms with Gasteiger partial charge in [-0.1, -0.05) is 41.5 Å². The number of rotatable bonds is 5. The molecule has 0 aliphatic heterocycles. The molecule has 0 amide bonds. The summed E-state index contributed by atoms with van der Waals surface area (Å²) in [5, 5.41) is 15.8. The van der Waals surface area contributed by atoms with Crippen LogP contribution in [0, 0.1) is 0 Å². The minimum absolute atomic E-state index is 0.432. The van der Waals surface area contributed by atoms with E-state index in [0.29, 0.717) is 19.4 Å². The Labute approximate surface area is 106 Å². The summed E-state index contributed by atoms with van der Waals surface area (Å²) < 4.78 is 0. The molecule has 0 fully saturated rings. The molecule has 0 saturated heterocycles. The summed E-state index contributed by atoms with van der Waals surface area (Å²) >= 11 is 0. The third-order valence-corrected chi connectivity index (χ3v) is 2.96. The molecule has 0 heterocycles. The molecule has 1 unspecified atom stereocenters. The van der Waals surface area contributed by atoms with E-state index in [4.69, 9.17) is 5.53 Å². The molecule has 0 radical (unpaired) electrons. The maximum Gasteiger partial charge on any atom is 0.0790 e. The monoisotopic (exact) mass is 241 g/mol. The second-order valence-electron chi connectivity index (χ2n) is 4.22. The third-order valence-electron chi connectivity index (χ3n) is 2.96. The van der Waals surface area contributed by atoms with Gasteiger partial charge in [0.25, 0.3) is 0 Å². The lowest BCUT2D eigenvalue weighted by molar-refractivity contribution is 0.165. The average Bonchev–Trinajstić information content (AvgIpc) is 2.43. The molecule has 0 saturated carbocycles. The molecule has 0 aliphatic rings. The van der Waals surface area contributed by atoms with Crippen molar-refractivity contribution in [2.24, 2.45) is 5.11 Å². The number of fused-ring (bicyclic) bond motifs is 1. The van der Waals surface area contributed by atoms with Gasteiger partial charge in [0.15, 0.2) is 0 Å². The molecule has 92 valence electrons. The highest BCUT2D eigenvalue weighted by molar-refractivity contribution is 5.83. The Balaban J connectivity index is 2.07. The van der Waals surface area contributed by atoms with E-state index in [1.54, 1.807) is 0 Å². The average molecular weight is 241 g/mol. The Morgan fingerprint density at radius 1 is 1.17 bits per heavy atom. The first-order valence-corrected chi connectivity index (χ1v) is 5.99. The van der Waals surface area contributed by atoms with Crippen LogP contribution in [0.2, 0.25) is 0 Å². The number of nitrogens with zero attached hydrogens (tertiary/aromatic N) is 3. The first kappa shape index (κ1) is 12.4. The molecule has 4 heteroatoms. The van der Waals surface area contributed by atoms with Crippen LogP contribution in [0.15, 0.2) is 47.6 Å². The fraction of sp³-hybridized carbons (Fsp3) is 0.286. The van der Waals surface area contributed by atoms with Gasteiger partial charge in [0.1, 0.15) is 0 Å². The van der Waals surface area contributed by atoms with Gasteiger partial charge >= 0.3 is 0 Å². The third kappa shape index (κ3) is 3.00. The number of aliphatic hydroxyl groups is 1. The van der Waals surface area contributed by atoms with Crippen LogP contribution in [-0.4, -0.2) is 11.7 Å². The topological polar surface area (TPSA) is 69.0 Å². The quantitative estimate of drug-likeness (QED) is 0.366. The van der Waals surface area contributed by atoms with Gasteiger partial charge in [0.2, 0.25) is 0 Å². The minimum atomic E-state index is -0.497. The van der Waals surface area contributed by atoms with Crippen LogP contribution < -0.4 is 0 Å². The minimum Gasteiger partial charge on any atom is -0.388 e. The van der Waals surface area contributed by atoms with Crippen molar-refractivity contribution in [3.8, 4) is 0 Å². The Kier molecular flexibility index (Phi) is 4.18. The van der Waals surface area contributed by atoms with Crippen molar-refractivity contribution in [3.63, 3.8) is 0 Å². The lowest BCUT2D eigenvalue weighted by atomic mass is 10.0. The summed E-state index contributed by atoms with van der Waals surface area (Å²) in [6.45, 7) is 0.432. The zero-order chi connectivity index (χ0) is 12.8. The van der Waals surface area contributed by atoms with E-state index in [0.717, 1.165) is 10.9 Å². The summed E-state index contributed by atoms with van der Waals surface area (Å²) in [5.74, 6) is 0. The van der Waals surface area contributed by atoms with Crippen molar-refractivity contribution in [3.05, 3.63) is 58.5 Å². The van der Waals surface area contributed by atoms with Gasteiger partial charge in [-0.2, -0.15) is 0 Å². The zero-order valence-electron chi connectivity index (χ0n) is 10.0. The lowest BCUT2D eigenvalue weighted by Crippen LogP contribution is -1.98. The summed E-state index contributed by atoms with van der Waals surface area (Å²) in [4.78, 5) is 2.69. The van der Waals surface area contributed by atoms with E-state index in [9.17, 15) is 5.11 Å². The molecule has 0 bridgehead atoms. The Morgan fingerprint density at radius 2 is 1.94 bits per heavy atom. The summed E-state index contributed by atoms with van der Waals surface area (Å²) in [7, 11) is 0. The number of hydrogen-bond acceptors (Lipinski definition) is 2. The van der Waals surface area contributed by atoms with E-state index >= 15 is 0 Å².